The topological polar surface area (TPSA) is 66.5 Å². The zero-order chi connectivity index (χ0) is 18.2. The van der Waals surface area contributed by atoms with Crippen molar-refractivity contribution in [2.24, 2.45) is 0 Å². The first kappa shape index (κ1) is 17.4. The van der Waals surface area contributed by atoms with Crippen LogP contribution in [0.2, 0.25) is 0 Å². The third kappa shape index (κ3) is 3.22. The second kappa shape index (κ2) is 6.44. The number of hydrogen-bond acceptors (Lipinski definition) is 3. The highest BCUT2D eigenvalue weighted by atomic mass is 79.9. The van der Waals surface area contributed by atoms with Crippen LogP contribution in [0.4, 0.5) is 4.79 Å². The predicted molar refractivity (Wildman–Crippen MR) is 97.2 cm³/mol. The van der Waals surface area contributed by atoms with Crippen LogP contribution in [0, 0.1) is 6.92 Å². The molecular weight excluding hydrogens is 384 g/mol. The number of ketones is 1. The molecule has 1 N–H and O–H groups in total. The molecule has 3 amide bonds. The lowest BCUT2D eigenvalue weighted by molar-refractivity contribution is -0.130. The highest BCUT2D eigenvalue weighted by molar-refractivity contribution is 9.10. The van der Waals surface area contributed by atoms with Gasteiger partial charge in [0.25, 0.3) is 5.91 Å². The average molecular weight is 401 g/mol. The lowest BCUT2D eigenvalue weighted by Gasteiger charge is -2.22. The molecule has 1 saturated heterocycles. The van der Waals surface area contributed by atoms with Gasteiger partial charge in [0.2, 0.25) is 0 Å². The smallest absolute Gasteiger partial charge is 0.319 e. The molecular formula is C19H17BrN2O3. The molecule has 0 saturated carbocycles. The molecule has 2 aromatic rings. The third-order valence-corrected chi connectivity index (χ3v) is 4.85. The van der Waals surface area contributed by atoms with Gasteiger partial charge in [-0.05, 0) is 31.5 Å². The largest absolute Gasteiger partial charge is 0.325 e. The summed E-state index contributed by atoms with van der Waals surface area (Å²) in [6.45, 7) is 3.31. The first-order valence-corrected chi connectivity index (χ1v) is 8.60. The normalized spacial score (nSPS) is 19.9. The number of rotatable bonds is 4. The van der Waals surface area contributed by atoms with Gasteiger partial charge in [0.1, 0.15) is 5.54 Å². The number of amides is 3. The van der Waals surface area contributed by atoms with Crippen molar-refractivity contribution in [1.29, 1.82) is 0 Å². The number of aryl methyl sites for hydroxylation is 1. The van der Waals surface area contributed by atoms with E-state index >= 15 is 0 Å². The zero-order valence-electron chi connectivity index (χ0n) is 13.9. The van der Waals surface area contributed by atoms with Gasteiger partial charge in [0.15, 0.2) is 5.78 Å². The van der Waals surface area contributed by atoms with Crippen molar-refractivity contribution >= 4 is 33.7 Å². The highest BCUT2D eigenvalue weighted by Crippen LogP contribution is 2.29. The summed E-state index contributed by atoms with van der Waals surface area (Å²) in [5, 5.41) is 2.71. The lowest BCUT2D eigenvalue weighted by atomic mass is 9.91. The summed E-state index contributed by atoms with van der Waals surface area (Å²) in [6.07, 6.45) is 0. The van der Waals surface area contributed by atoms with Gasteiger partial charge in [0.05, 0.1) is 6.54 Å². The number of carbonyl (C=O) groups excluding carboxylic acids is 3. The minimum Gasteiger partial charge on any atom is -0.319 e. The Morgan fingerprint density at radius 1 is 1.16 bits per heavy atom. The number of carbonyl (C=O) groups is 3. The minimum absolute atomic E-state index is 0.289. The predicted octanol–water partition coefficient (Wildman–Crippen LogP) is 3.41. The first-order chi connectivity index (χ1) is 11.8. The summed E-state index contributed by atoms with van der Waals surface area (Å²) in [5.41, 5.74) is 1.03. The van der Waals surface area contributed by atoms with E-state index in [0.29, 0.717) is 11.1 Å². The number of imide groups is 1. The molecule has 1 atom stereocenters. The Balaban J connectivity index is 1.84. The van der Waals surface area contributed by atoms with Gasteiger partial charge in [0, 0.05) is 10.0 Å². The van der Waals surface area contributed by atoms with Crippen LogP contribution in [0.15, 0.2) is 53.0 Å². The maximum atomic E-state index is 12.8. The number of benzene rings is 2. The van der Waals surface area contributed by atoms with E-state index in [-0.39, 0.29) is 12.3 Å². The van der Waals surface area contributed by atoms with Crippen LogP contribution >= 0.6 is 15.9 Å². The van der Waals surface area contributed by atoms with Gasteiger partial charge in [-0.3, -0.25) is 14.5 Å². The van der Waals surface area contributed by atoms with Crippen LogP contribution in [0.1, 0.15) is 28.4 Å². The Hall–Kier alpha value is -2.47. The zero-order valence-corrected chi connectivity index (χ0v) is 15.5. The van der Waals surface area contributed by atoms with Crippen molar-refractivity contribution in [1.82, 2.24) is 10.2 Å². The Morgan fingerprint density at radius 3 is 2.48 bits per heavy atom. The molecule has 1 aliphatic rings. The second-order valence-corrected chi connectivity index (χ2v) is 7.16. The standard InChI is InChI=1S/C19H17BrN2O3/c1-12-6-8-14(9-7-12)19(2)17(24)22(18(25)21-19)11-16(23)13-4-3-5-15(20)10-13/h3-10H,11H2,1-2H3,(H,21,25)/t19-/m1/s1. The molecule has 0 aromatic heterocycles. The molecule has 1 fully saturated rings. The maximum Gasteiger partial charge on any atom is 0.325 e. The van der Waals surface area contributed by atoms with E-state index in [0.717, 1.165) is 14.9 Å². The highest BCUT2D eigenvalue weighted by Gasteiger charge is 2.49. The molecule has 6 heteroatoms. The third-order valence-electron chi connectivity index (χ3n) is 4.35. The van der Waals surface area contributed by atoms with E-state index < -0.39 is 17.5 Å². The van der Waals surface area contributed by atoms with Gasteiger partial charge in [-0.25, -0.2) is 4.79 Å². The van der Waals surface area contributed by atoms with Crippen LogP contribution in [0.5, 0.6) is 0 Å². The quantitative estimate of drug-likeness (QED) is 0.631. The van der Waals surface area contributed by atoms with E-state index in [1.807, 2.05) is 31.2 Å². The van der Waals surface area contributed by atoms with Crippen molar-refractivity contribution in [2.75, 3.05) is 6.54 Å². The molecule has 0 bridgehead atoms. The summed E-state index contributed by atoms with van der Waals surface area (Å²) in [7, 11) is 0. The molecule has 3 rings (SSSR count). The molecule has 0 spiro atoms. The summed E-state index contributed by atoms with van der Waals surface area (Å²) in [5.74, 6) is -0.720. The summed E-state index contributed by atoms with van der Waals surface area (Å²) >= 11 is 3.31. The number of hydrogen-bond donors (Lipinski definition) is 1. The van der Waals surface area contributed by atoms with Crippen molar-refractivity contribution in [3.05, 3.63) is 69.7 Å². The molecule has 25 heavy (non-hydrogen) atoms. The Morgan fingerprint density at radius 2 is 1.84 bits per heavy atom. The minimum atomic E-state index is -1.16. The van der Waals surface area contributed by atoms with Crippen molar-refractivity contribution in [3.8, 4) is 0 Å². The fourth-order valence-corrected chi connectivity index (χ4v) is 3.22. The van der Waals surface area contributed by atoms with Gasteiger partial charge in [-0.1, -0.05) is 57.9 Å². The fraction of sp³-hybridized carbons (Fsp3) is 0.211. The summed E-state index contributed by atoms with van der Waals surface area (Å²) in [6, 6.07) is 13.7. The van der Waals surface area contributed by atoms with Crippen molar-refractivity contribution in [2.45, 2.75) is 19.4 Å². The van der Waals surface area contributed by atoms with Gasteiger partial charge >= 0.3 is 6.03 Å². The number of nitrogens with one attached hydrogen (secondary N) is 1. The fourth-order valence-electron chi connectivity index (χ4n) is 2.82. The Labute approximate surface area is 154 Å². The number of halogens is 1. The van der Waals surface area contributed by atoms with Crippen LogP contribution in [-0.4, -0.2) is 29.2 Å². The molecule has 0 unspecified atom stereocenters. The number of Topliss-reactive ketones (excluding diaryl/α,β-unsaturated/α-hetero) is 1. The molecule has 5 nitrogen and oxygen atoms in total. The molecule has 128 valence electrons. The first-order valence-electron chi connectivity index (χ1n) is 7.81. The van der Waals surface area contributed by atoms with E-state index in [1.54, 1.807) is 31.2 Å². The second-order valence-electron chi connectivity index (χ2n) is 6.25. The Bertz CT molecular complexity index is 863. The van der Waals surface area contributed by atoms with Crippen LogP contribution < -0.4 is 5.32 Å². The molecule has 1 aliphatic heterocycles. The van der Waals surface area contributed by atoms with Gasteiger partial charge in [-0.15, -0.1) is 0 Å². The van der Waals surface area contributed by atoms with E-state index in [4.69, 9.17) is 0 Å². The molecule has 0 radical (unpaired) electrons. The van der Waals surface area contributed by atoms with Crippen LogP contribution in [0.3, 0.4) is 0 Å². The van der Waals surface area contributed by atoms with Crippen molar-refractivity contribution < 1.29 is 14.4 Å². The monoisotopic (exact) mass is 400 g/mol. The van der Waals surface area contributed by atoms with E-state index in [9.17, 15) is 14.4 Å². The average Bonchev–Trinajstić information content (AvgIpc) is 2.79. The lowest BCUT2D eigenvalue weighted by Crippen LogP contribution is -2.41. The van der Waals surface area contributed by atoms with Crippen LogP contribution in [-0.2, 0) is 10.3 Å². The van der Waals surface area contributed by atoms with E-state index in [2.05, 4.69) is 21.2 Å². The molecule has 0 aliphatic carbocycles. The summed E-state index contributed by atoms with van der Waals surface area (Å²) < 4.78 is 0.764. The summed E-state index contributed by atoms with van der Waals surface area (Å²) in [4.78, 5) is 38.6. The molecule has 1 heterocycles. The van der Waals surface area contributed by atoms with Crippen molar-refractivity contribution in [3.63, 3.8) is 0 Å². The van der Waals surface area contributed by atoms with Gasteiger partial charge in [-0.2, -0.15) is 0 Å². The van der Waals surface area contributed by atoms with E-state index in [1.165, 1.54) is 0 Å². The SMILES string of the molecule is Cc1ccc([C@@]2(C)NC(=O)N(CC(=O)c3cccc(Br)c3)C2=O)cc1. The maximum absolute atomic E-state index is 12.8. The van der Waals surface area contributed by atoms with Crippen LogP contribution in [0.25, 0.3) is 0 Å². The number of nitrogens with zero attached hydrogens (tertiary/aromatic N) is 1. The Kier molecular flexibility index (Phi) is 4.47. The molecule has 2 aromatic carbocycles. The van der Waals surface area contributed by atoms with Gasteiger partial charge < -0.3 is 5.32 Å². The number of urea groups is 1.